The van der Waals surface area contributed by atoms with Gasteiger partial charge in [-0.05, 0) is 65.4 Å². The van der Waals surface area contributed by atoms with Crippen molar-refractivity contribution in [3.8, 4) is 22.6 Å². The minimum atomic E-state index is -0.465. The smallest absolute Gasteiger partial charge is 0.343 e. The van der Waals surface area contributed by atoms with E-state index in [-0.39, 0.29) is 18.4 Å². The van der Waals surface area contributed by atoms with Crippen molar-refractivity contribution in [3.63, 3.8) is 0 Å². The summed E-state index contributed by atoms with van der Waals surface area (Å²) in [5.74, 6) is 0.347. The van der Waals surface area contributed by atoms with E-state index in [0.717, 1.165) is 36.0 Å². The molecule has 0 aliphatic heterocycles. The summed E-state index contributed by atoms with van der Waals surface area (Å²) < 4.78 is 16.4. The van der Waals surface area contributed by atoms with E-state index < -0.39 is 5.97 Å². The molecule has 0 aromatic heterocycles. The second kappa shape index (κ2) is 21.0. The number of carbonyl (C=O) groups excluding carboxylic acids is 3. The van der Waals surface area contributed by atoms with E-state index in [9.17, 15) is 14.4 Å². The van der Waals surface area contributed by atoms with E-state index in [2.05, 4.69) is 13.8 Å². The maximum atomic E-state index is 12.7. The number of hydrogen-bond acceptors (Lipinski definition) is 6. The van der Waals surface area contributed by atoms with Crippen LogP contribution in [-0.2, 0) is 20.7 Å². The number of rotatable bonds is 21. The highest BCUT2D eigenvalue weighted by Crippen LogP contribution is 2.24. The Balaban J connectivity index is 1.36. The van der Waals surface area contributed by atoms with Gasteiger partial charge in [-0.3, -0.25) is 9.59 Å². The fourth-order valence-electron chi connectivity index (χ4n) is 5.04. The highest BCUT2D eigenvalue weighted by molar-refractivity contribution is 5.91. The molecule has 3 rings (SSSR count). The van der Waals surface area contributed by atoms with Crippen LogP contribution in [0.25, 0.3) is 11.1 Å². The van der Waals surface area contributed by atoms with Crippen LogP contribution in [0.2, 0.25) is 0 Å². The zero-order chi connectivity index (χ0) is 33.0. The standard InChI is InChI=1S/C40H52O6/c1-4-6-7-8-9-10-11-12-13-14-15-16-38(41)45-36-27-23-34(24-28-36)33-19-21-35(22-20-33)40(43)46-37-25-17-32(18-26-37)29-39(42)44-30-31(3)5-2/h17-28,31H,4-16,29-30H2,1-3H3/t31-/m0/s1. The predicted molar refractivity (Wildman–Crippen MR) is 184 cm³/mol. The van der Waals surface area contributed by atoms with E-state index in [1.807, 2.05) is 31.2 Å². The molecule has 0 fully saturated rings. The number of hydrogen-bond donors (Lipinski definition) is 0. The molecule has 1 atom stereocenters. The molecule has 46 heavy (non-hydrogen) atoms. The molecule has 0 aliphatic rings. The summed E-state index contributed by atoms with van der Waals surface area (Å²) in [7, 11) is 0. The molecular weight excluding hydrogens is 576 g/mol. The second-order valence-electron chi connectivity index (χ2n) is 12.3. The van der Waals surface area contributed by atoms with Gasteiger partial charge in [0, 0.05) is 6.42 Å². The zero-order valence-electron chi connectivity index (χ0n) is 28.1. The molecule has 0 radical (unpaired) electrons. The monoisotopic (exact) mass is 628 g/mol. The molecule has 0 N–H and O–H groups in total. The Hall–Kier alpha value is -3.93. The summed E-state index contributed by atoms with van der Waals surface area (Å²) in [6.45, 7) is 6.78. The van der Waals surface area contributed by atoms with Crippen molar-refractivity contribution in [2.45, 2.75) is 111 Å². The second-order valence-corrected chi connectivity index (χ2v) is 12.3. The largest absolute Gasteiger partial charge is 0.465 e. The van der Waals surface area contributed by atoms with Crippen molar-refractivity contribution in [1.29, 1.82) is 0 Å². The topological polar surface area (TPSA) is 78.9 Å². The van der Waals surface area contributed by atoms with Crippen LogP contribution in [-0.4, -0.2) is 24.5 Å². The lowest BCUT2D eigenvalue weighted by Crippen LogP contribution is -2.13. The third-order valence-corrected chi connectivity index (χ3v) is 8.23. The van der Waals surface area contributed by atoms with Gasteiger partial charge < -0.3 is 14.2 Å². The van der Waals surface area contributed by atoms with E-state index in [1.165, 1.54) is 57.8 Å². The van der Waals surface area contributed by atoms with Crippen molar-refractivity contribution in [3.05, 3.63) is 83.9 Å². The Morgan fingerprint density at radius 1 is 0.587 bits per heavy atom. The van der Waals surface area contributed by atoms with Crippen LogP contribution in [0, 0.1) is 5.92 Å². The molecule has 0 spiro atoms. The molecule has 0 aliphatic carbocycles. The molecule has 0 saturated carbocycles. The summed E-state index contributed by atoms with van der Waals surface area (Å²) in [6, 6.07) is 21.4. The summed E-state index contributed by atoms with van der Waals surface area (Å²) in [4.78, 5) is 37.0. The molecular formula is C40H52O6. The van der Waals surface area contributed by atoms with E-state index in [4.69, 9.17) is 14.2 Å². The predicted octanol–water partition coefficient (Wildman–Crippen LogP) is 10.3. The molecule has 0 amide bonds. The summed E-state index contributed by atoms with van der Waals surface area (Å²) in [5, 5.41) is 0. The van der Waals surface area contributed by atoms with Gasteiger partial charge in [-0.15, -0.1) is 0 Å². The third kappa shape index (κ3) is 14.0. The molecule has 0 heterocycles. The van der Waals surface area contributed by atoms with Crippen molar-refractivity contribution < 1.29 is 28.6 Å². The number of carbonyl (C=O) groups is 3. The minimum Gasteiger partial charge on any atom is -0.465 e. The van der Waals surface area contributed by atoms with Crippen LogP contribution in [0.4, 0.5) is 0 Å². The molecule has 3 aromatic carbocycles. The maximum absolute atomic E-state index is 12.7. The molecule has 6 heteroatoms. The first kappa shape index (κ1) is 36.5. The quantitative estimate of drug-likeness (QED) is 0.0663. The summed E-state index contributed by atoms with van der Waals surface area (Å²) in [5.41, 5.74) is 3.10. The molecule has 0 saturated heterocycles. The van der Waals surface area contributed by atoms with Gasteiger partial charge in [0.25, 0.3) is 0 Å². The average molecular weight is 629 g/mol. The van der Waals surface area contributed by atoms with Crippen LogP contribution in [0.1, 0.15) is 120 Å². The van der Waals surface area contributed by atoms with Crippen LogP contribution in [0.3, 0.4) is 0 Å². The summed E-state index contributed by atoms with van der Waals surface area (Å²) >= 11 is 0. The lowest BCUT2D eigenvalue weighted by Gasteiger charge is -2.10. The van der Waals surface area contributed by atoms with Crippen molar-refractivity contribution in [2.24, 2.45) is 5.92 Å². The minimum absolute atomic E-state index is 0.176. The van der Waals surface area contributed by atoms with Gasteiger partial charge >= 0.3 is 17.9 Å². The highest BCUT2D eigenvalue weighted by Gasteiger charge is 2.12. The molecule has 248 valence electrons. The van der Waals surface area contributed by atoms with Gasteiger partial charge in [0.2, 0.25) is 0 Å². The highest BCUT2D eigenvalue weighted by atomic mass is 16.5. The molecule has 3 aromatic rings. The van der Waals surface area contributed by atoms with Crippen LogP contribution >= 0.6 is 0 Å². The number of unbranched alkanes of at least 4 members (excludes halogenated alkanes) is 10. The van der Waals surface area contributed by atoms with Crippen LogP contribution in [0.5, 0.6) is 11.5 Å². The molecule has 0 bridgehead atoms. The van der Waals surface area contributed by atoms with Crippen LogP contribution < -0.4 is 9.47 Å². The fourth-order valence-corrected chi connectivity index (χ4v) is 5.04. The molecule has 0 unspecified atom stereocenters. The lowest BCUT2D eigenvalue weighted by atomic mass is 10.0. The van der Waals surface area contributed by atoms with Gasteiger partial charge in [0.05, 0.1) is 18.6 Å². The Morgan fingerprint density at radius 3 is 1.65 bits per heavy atom. The van der Waals surface area contributed by atoms with Gasteiger partial charge in [-0.25, -0.2) is 4.79 Å². The number of ether oxygens (including phenoxy) is 3. The number of esters is 3. The Morgan fingerprint density at radius 2 is 1.09 bits per heavy atom. The number of benzene rings is 3. The first-order chi connectivity index (χ1) is 22.4. The van der Waals surface area contributed by atoms with E-state index in [0.29, 0.717) is 36.0 Å². The average Bonchev–Trinajstić information content (AvgIpc) is 3.07. The van der Waals surface area contributed by atoms with Gasteiger partial charge in [-0.2, -0.15) is 0 Å². The Bertz CT molecular complexity index is 1310. The van der Waals surface area contributed by atoms with E-state index >= 15 is 0 Å². The maximum Gasteiger partial charge on any atom is 0.343 e. The first-order valence-corrected chi connectivity index (χ1v) is 17.3. The van der Waals surface area contributed by atoms with Gasteiger partial charge in [0.1, 0.15) is 11.5 Å². The lowest BCUT2D eigenvalue weighted by molar-refractivity contribution is -0.144. The van der Waals surface area contributed by atoms with Crippen molar-refractivity contribution >= 4 is 17.9 Å². The SMILES string of the molecule is CCCCCCCCCCCCCC(=O)Oc1ccc(-c2ccc(C(=O)Oc3ccc(CC(=O)OC[C@@H](C)CC)cc3)cc2)cc1. The third-order valence-electron chi connectivity index (χ3n) is 8.23. The van der Waals surface area contributed by atoms with Gasteiger partial charge in [0.15, 0.2) is 0 Å². The Kier molecular flexibility index (Phi) is 16.7. The fraction of sp³-hybridized carbons (Fsp3) is 0.475. The van der Waals surface area contributed by atoms with Crippen molar-refractivity contribution in [2.75, 3.05) is 6.61 Å². The van der Waals surface area contributed by atoms with Crippen molar-refractivity contribution in [1.82, 2.24) is 0 Å². The first-order valence-electron chi connectivity index (χ1n) is 17.3. The van der Waals surface area contributed by atoms with Crippen LogP contribution in [0.15, 0.2) is 72.8 Å². The zero-order valence-corrected chi connectivity index (χ0v) is 28.1. The summed E-state index contributed by atoms with van der Waals surface area (Å²) in [6.07, 6.45) is 15.3. The van der Waals surface area contributed by atoms with E-state index in [1.54, 1.807) is 48.5 Å². The normalized spacial score (nSPS) is 11.5. The molecule has 6 nitrogen and oxygen atoms in total. The Labute approximate surface area is 275 Å². The van der Waals surface area contributed by atoms with Gasteiger partial charge in [-0.1, -0.05) is 128 Å².